The van der Waals surface area contributed by atoms with Crippen LogP contribution in [0.5, 0.6) is 11.5 Å². The van der Waals surface area contributed by atoms with E-state index in [0.717, 1.165) is 12.2 Å². The van der Waals surface area contributed by atoms with Crippen molar-refractivity contribution in [3.8, 4) is 11.5 Å². The number of nitrogens with zero attached hydrogens (tertiary/aromatic N) is 2. The van der Waals surface area contributed by atoms with Crippen LogP contribution in [0.2, 0.25) is 0 Å². The fourth-order valence-electron chi connectivity index (χ4n) is 1.60. The lowest BCUT2D eigenvalue weighted by molar-refractivity contribution is -0.385. The summed E-state index contributed by atoms with van der Waals surface area (Å²) in [7, 11) is 0. The van der Waals surface area contributed by atoms with E-state index in [0.29, 0.717) is 5.75 Å². The minimum atomic E-state index is -0.475. The molecule has 1 heterocycles. The van der Waals surface area contributed by atoms with E-state index in [1.54, 1.807) is 30.5 Å². The van der Waals surface area contributed by atoms with Gasteiger partial charge in [-0.15, -0.1) is 0 Å². The van der Waals surface area contributed by atoms with Crippen molar-refractivity contribution < 1.29 is 9.66 Å². The van der Waals surface area contributed by atoms with E-state index in [-0.39, 0.29) is 11.4 Å². The molecule has 0 saturated heterocycles. The molecule has 0 radical (unpaired) electrons. The van der Waals surface area contributed by atoms with Gasteiger partial charge in [-0.1, -0.05) is 12.1 Å². The average molecular weight is 259 g/mol. The maximum absolute atomic E-state index is 10.9. The summed E-state index contributed by atoms with van der Waals surface area (Å²) < 4.78 is 5.51. The first-order valence-electron chi connectivity index (χ1n) is 5.81. The topological polar surface area (TPSA) is 77.3 Å². The van der Waals surface area contributed by atoms with Gasteiger partial charge in [0.05, 0.1) is 23.0 Å². The molecule has 19 heavy (non-hydrogen) atoms. The molecule has 0 saturated carbocycles. The van der Waals surface area contributed by atoms with Gasteiger partial charge < -0.3 is 10.1 Å². The lowest BCUT2D eigenvalue weighted by Gasteiger charge is -2.08. The second-order valence-electron chi connectivity index (χ2n) is 3.77. The van der Waals surface area contributed by atoms with Crippen molar-refractivity contribution in [2.24, 2.45) is 0 Å². The van der Waals surface area contributed by atoms with Crippen LogP contribution in [0.3, 0.4) is 0 Å². The molecule has 0 amide bonds. The van der Waals surface area contributed by atoms with Crippen LogP contribution in [0, 0.1) is 10.1 Å². The lowest BCUT2D eigenvalue weighted by Crippen LogP contribution is -1.98. The van der Waals surface area contributed by atoms with Crippen molar-refractivity contribution in [3.05, 3.63) is 52.8 Å². The summed E-state index contributed by atoms with van der Waals surface area (Å²) in [5.41, 5.74) is 0.731. The molecule has 6 heteroatoms. The second-order valence-corrected chi connectivity index (χ2v) is 3.77. The second kappa shape index (κ2) is 5.81. The molecule has 1 aromatic heterocycles. The molecule has 6 nitrogen and oxygen atoms in total. The Labute approximate surface area is 110 Å². The summed E-state index contributed by atoms with van der Waals surface area (Å²) in [6, 6.07) is 7.98. The van der Waals surface area contributed by atoms with E-state index in [1.807, 2.05) is 6.92 Å². The molecule has 0 aliphatic carbocycles. The Balaban J connectivity index is 2.26. The quantitative estimate of drug-likeness (QED) is 0.659. The van der Waals surface area contributed by atoms with Crippen LogP contribution in [-0.2, 0) is 0 Å². The van der Waals surface area contributed by atoms with Crippen molar-refractivity contribution in [2.45, 2.75) is 6.92 Å². The number of ether oxygens (including phenoxy) is 1. The predicted molar refractivity (Wildman–Crippen MR) is 71.6 cm³/mol. The zero-order valence-corrected chi connectivity index (χ0v) is 10.4. The number of nitro groups is 1. The fraction of sp³-hybridized carbons (Fsp3) is 0.154. The molecule has 0 bridgehead atoms. The van der Waals surface area contributed by atoms with Gasteiger partial charge in [-0.3, -0.25) is 15.1 Å². The van der Waals surface area contributed by atoms with Gasteiger partial charge in [0.25, 0.3) is 0 Å². The molecule has 0 aliphatic rings. The number of rotatable bonds is 5. The van der Waals surface area contributed by atoms with Gasteiger partial charge in [0.15, 0.2) is 0 Å². The Morgan fingerprint density at radius 2 is 2.16 bits per heavy atom. The summed E-state index contributed by atoms with van der Waals surface area (Å²) in [5, 5.41) is 14.0. The molecule has 98 valence electrons. The standard InChI is InChI=1S/C13H13N3O3/c1-2-15-10-7-11(9-14-8-10)19-13-6-4-3-5-12(13)16(17)18/h3-9,15H,2H2,1H3. The summed E-state index contributed by atoms with van der Waals surface area (Å²) in [6.45, 7) is 2.73. The normalized spacial score (nSPS) is 9.95. The van der Waals surface area contributed by atoms with Gasteiger partial charge in [0, 0.05) is 18.7 Å². The molecule has 2 rings (SSSR count). The molecule has 0 atom stereocenters. The van der Waals surface area contributed by atoms with E-state index >= 15 is 0 Å². The Morgan fingerprint density at radius 3 is 2.89 bits per heavy atom. The number of anilines is 1. The molecule has 1 aromatic carbocycles. The van der Waals surface area contributed by atoms with Crippen molar-refractivity contribution in [1.29, 1.82) is 0 Å². The summed E-state index contributed by atoms with van der Waals surface area (Å²) in [5.74, 6) is 0.649. The maximum Gasteiger partial charge on any atom is 0.311 e. The van der Waals surface area contributed by atoms with E-state index in [1.165, 1.54) is 12.3 Å². The Hall–Kier alpha value is -2.63. The van der Waals surface area contributed by atoms with Crippen molar-refractivity contribution >= 4 is 11.4 Å². The third kappa shape index (κ3) is 3.19. The Kier molecular flexibility index (Phi) is 3.92. The fourth-order valence-corrected chi connectivity index (χ4v) is 1.60. The van der Waals surface area contributed by atoms with Crippen LogP contribution in [-0.4, -0.2) is 16.5 Å². The first-order valence-corrected chi connectivity index (χ1v) is 5.81. The molecule has 0 spiro atoms. The highest BCUT2D eigenvalue weighted by molar-refractivity contribution is 5.50. The van der Waals surface area contributed by atoms with E-state index in [4.69, 9.17) is 4.74 Å². The number of hydrogen-bond donors (Lipinski definition) is 1. The summed E-state index contributed by atoms with van der Waals surface area (Å²) >= 11 is 0. The van der Waals surface area contributed by atoms with Gasteiger partial charge in [-0.2, -0.15) is 0 Å². The maximum atomic E-state index is 10.9. The van der Waals surface area contributed by atoms with Crippen LogP contribution < -0.4 is 10.1 Å². The van der Waals surface area contributed by atoms with Crippen molar-refractivity contribution in [3.63, 3.8) is 0 Å². The third-order valence-corrected chi connectivity index (χ3v) is 2.38. The van der Waals surface area contributed by atoms with Crippen LogP contribution in [0.15, 0.2) is 42.7 Å². The van der Waals surface area contributed by atoms with Gasteiger partial charge in [0.2, 0.25) is 5.75 Å². The van der Waals surface area contributed by atoms with Gasteiger partial charge in [0.1, 0.15) is 5.75 Å². The zero-order chi connectivity index (χ0) is 13.7. The first-order chi connectivity index (χ1) is 9.20. The van der Waals surface area contributed by atoms with Crippen LogP contribution in [0.25, 0.3) is 0 Å². The highest BCUT2D eigenvalue weighted by Crippen LogP contribution is 2.31. The van der Waals surface area contributed by atoms with Gasteiger partial charge >= 0.3 is 5.69 Å². The number of hydrogen-bond acceptors (Lipinski definition) is 5. The van der Waals surface area contributed by atoms with Crippen molar-refractivity contribution in [1.82, 2.24) is 4.98 Å². The smallest absolute Gasteiger partial charge is 0.311 e. The van der Waals surface area contributed by atoms with Gasteiger partial charge in [-0.25, -0.2) is 0 Å². The molecule has 1 N–H and O–H groups in total. The molecular formula is C13H13N3O3. The largest absolute Gasteiger partial charge is 0.448 e. The summed E-state index contributed by atoms with van der Waals surface area (Å²) in [6.07, 6.45) is 3.17. The minimum absolute atomic E-state index is 0.0728. The van der Waals surface area contributed by atoms with E-state index in [2.05, 4.69) is 10.3 Å². The van der Waals surface area contributed by atoms with Crippen molar-refractivity contribution in [2.75, 3.05) is 11.9 Å². The zero-order valence-electron chi connectivity index (χ0n) is 10.4. The van der Waals surface area contributed by atoms with Gasteiger partial charge in [-0.05, 0) is 13.0 Å². The monoisotopic (exact) mass is 259 g/mol. The first kappa shape index (κ1) is 12.8. The molecule has 0 fully saturated rings. The Morgan fingerprint density at radius 1 is 1.37 bits per heavy atom. The van der Waals surface area contributed by atoms with Crippen LogP contribution in [0.4, 0.5) is 11.4 Å². The minimum Gasteiger partial charge on any atom is -0.448 e. The number of nitro benzene ring substituents is 1. The molecular weight excluding hydrogens is 246 g/mol. The van der Waals surface area contributed by atoms with Crippen LogP contribution in [0.1, 0.15) is 6.92 Å². The Bertz CT molecular complexity index is 587. The molecule has 0 unspecified atom stereocenters. The van der Waals surface area contributed by atoms with Crippen LogP contribution >= 0.6 is 0 Å². The third-order valence-electron chi connectivity index (χ3n) is 2.38. The number of aromatic nitrogens is 1. The summed E-state index contributed by atoms with van der Waals surface area (Å²) in [4.78, 5) is 14.4. The molecule has 0 aliphatic heterocycles. The number of benzene rings is 1. The highest BCUT2D eigenvalue weighted by Gasteiger charge is 2.14. The van der Waals surface area contributed by atoms with E-state index in [9.17, 15) is 10.1 Å². The predicted octanol–water partition coefficient (Wildman–Crippen LogP) is 3.21. The number of pyridine rings is 1. The number of nitrogens with one attached hydrogen (secondary N) is 1. The molecule has 2 aromatic rings. The SMILES string of the molecule is CCNc1cncc(Oc2ccccc2[N+](=O)[O-])c1. The lowest BCUT2D eigenvalue weighted by atomic mass is 10.3. The number of para-hydroxylation sites is 2. The highest BCUT2D eigenvalue weighted by atomic mass is 16.6. The average Bonchev–Trinajstić information content (AvgIpc) is 2.40. The van der Waals surface area contributed by atoms with E-state index < -0.39 is 4.92 Å².